The Balaban J connectivity index is 1.56. The first-order chi connectivity index (χ1) is 13.2. The van der Waals surface area contributed by atoms with Crippen molar-refractivity contribution in [1.29, 1.82) is 0 Å². The summed E-state index contributed by atoms with van der Waals surface area (Å²) >= 11 is 0. The van der Waals surface area contributed by atoms with Gasteiger partial charge in [0, 0.05) is 0 Å². The molecule has 28 heavy (non-hydrogen) atoms. The zero-order chi connectivity index (χ0) is 20.4. The van der Waals surface area contributed by atoms with E-state index in [0.29, 0.717) is 6.42 Å². The van der Waals surface area contributed by atoms with Gasteiger partial charge < -0.3 is 14.0 Å². The first kappa shape index (κ1) is 21.1. The molecule has 0 spiro atoms. The second kappa shape index (κ2) is 8.42. The van der Waals surface area contributed by atoms with E-state index >= 15 is 0 Å². The summed E-state index contributed by atoms with van der Waals surface area (Å²) in [7, 11) is -0.362. The quantitative estimate of drug-likeness (QED) is 0.535. The van der Waals surface area contributed by atoms with Crippen LogP contribution in [0.2, 0.25) is 0 Å². The molecule has 0 bridgehead atoms. The number of ether oxygens (including phenoxy) is 1. The van der Waals surface area contributed by atoms with Crippen molar-refractivity contribution in [3.8, 4) is 0 Å². The third-order valence-corrected chi connectivity index (χ3v) is 6.22. The van der Waals surface area contributed by atoms with E-state index < -0.39 is 0 Å². The van der Waals surface area contributed by atoms with Crippen LogP contribution >= 0.6 is 0 Å². The molecule has 0 N–H and O–H groups in total. The molecule has 152 valence electrons. The van der Waals surface area contributed by atoms with Gasteiger partial charge in [-0.2, -0.15) is 0 Å². The molecule has 1 aliphatic carbocycles. The smallest absolute Gasteiger partial charge is 0.462 e. The molecule has 4 nitrogen and oxygen atoms in total. The van der Waals surface area contributed by atoms with Gasteiger partial charge in [-0.15, -0.1) is 0 Å². The highest BCUT2D eigenvalue weighted by molar-refractivity contribution is 6.62. The SMILES string of the molecule is C[C@@H](C/C=C/c1cccc(B2OC(C)(C)C(C)(C)O2)c1)C(=O)OC1CCCC1. The van der Waals surface area contributed by atoms with Crippen molar-refractivity contribution in [2.75, 3.05) is 0 Å². The van der Waals surface area contributed by atoms with Crippen LogP contribution in [0.15, 0.2) is 30.3 Å². The minimum absolute atomic E-state index is 0.0810. The predicted molar refractivity (Wildman–Crippen MR) is 113 cm³/mol. The highest BCUT2D eigenvalue weighted by atomic mass is 16.7. The third-order valence-electron chi connectivity index (χ3n) is 6.22. The summed E-state index contributed by atoms with van der Waals surface area (Å²) in [5, 5.41) is 0. The van der Waals surface area contributed by atoms with Crippen molar-refractivity contribution in [3.05, 3.63) is 35.9 Å². The zero-order valence-corrected chi connectivity index (χ0v) is 17.9. The largest absolute Gasteiger partial charge is 0.494 e. The van der Waals surface area contributed by atoms with Crippen LogP contribution in [0.25, 0.3) is 6.08 Å². The number of rotatable bonds is 6. The van der Waals surface area contributed by atoms with Crippen molar-refractivity contribution in [2.24, 2.45) is 5.92 Å². The summed E-state index contributed by atoms with van der Waals surface area (Å²) in [6.07, 6.45) is 9.27. The summed E-state index contributed by atoms with van der Waals surface area (Å²) in [5.74, 6) is -0.203. The number of carbonyl (C=O) groups is 1. The molecule has 0 radical (unpaired) electrons. The molecule has 0 unspecified atom stereocenters. The van der Waals surface area contributed by atoms with Gasteiger partial charge in [-0.3, -0.25) is 4.79 Å². The number of carbonyl (C=O) groups excluding carboxylic acids is 1. The maximum Gasteiger partial charge on any atom is 0.494 e. The summed E-state index contributed by atoms with van der Waals surface area (Å²) in [6, 6.07) is 8.17. The summed E-state index contributed by atoms with van der Waals surface area (Å²) in [6.45, 7) is 10.2. The Hall–Kier alpha value is -1.59. The monoisotopic (exact) mass is 384 g/mol. The van der Waals surface area contributed by atoms with E-state index in [2.05, 4.69) is 33.8 Å². The zero-order valence-electron chi connectivity index (χ0n) is 17.9. The van der Waals surface area contributed by atoms with Gasteiger partial charge in [0.05, 0.1) is 17.1 Å². The summed E-state index contributed by atoms with van der Waals surface area (Å²) in [4.78, 5) is 12.2. The molecule has 1 saturated heterocycles. The van der Waals surface area contributed by atoms with Crippen LogP contribution < -0.4 is 5.46 Å². The number of hydrogen-bond donors (Lipinski definition) is 0. The van der Waals surface area contributed by atoms with Crippen LogP contribution in [-0.4, -0.2) is 30.4 Å². The van der Waals surface area contributed by atoms with Crippen molar-refractivity contribution in [3.63, 3.8) is 0 Å². The van der Waals surface area contributed by atoms with Gasteiger partial charge in [0.1, 0.15) is 6.10 Å². The topological polar surface area (TPSA) is 44.8 Å². The fourth-order valence-corrected chi connectivity index (χ4v) is 3.58. The Kier molecular flexibility index (Phi) is 6.36. The average Bonchev–Trinajstić information content (AvgIpc) is 3.20. The van der Waals surface area contributed by atoms with Crippen LogP contribution in [0.5, 0.6) is 0 Å². The Morgan fingerprint density at radius 1 is 1.21 bits per heavy atom. The molecule has 1 aliphatic heterocycles. The molecule has 2 aliphatic rings. The third kappa shape index (κ3) is 4.87. The Labute approximate surface area is 169 Å². The second-order valence-electron chi connectivity index (χ2n) is 9.14. The van der Waals surface area contributed by atoms with E-state index in [-0.39, 0.29) is 36.3 Å². The number of hydrogen-bond acceptors (Lipinski definition) is 4. The number of esters is 1. The van der Waals surface area contributed by atoms with E-state index in [4.69, 9.17) is 14.0 Å². The van der Waals surface area contributed by atoms with E-state index in [9.17, 15) is 4.79 Å². The molecule has 0 aromatic heterocycles. The van der Waals surface area contributed by atoms with E-state index in [1.807, 2.05) is 37.3 Å². The second-order valence-corrected chi connectivity index (χ2v) is 9.14. The van der Waals surface area contributed by atoms with Crippen molar-refractivity contribution < 1.29 is 18.8 Å². The fraction of sp³-hybridized carbons (Fsp3) is 0.609. The van der Waals surface area contributed by atoms with Gasteiger partial charge in [0.2, 0.25) is 0 Å². The summed E-state index contributed by atoms with van der Waals surface area (Å²) < 4.78 is 17.9. The Morgan fingerprint density at radius 2 is 1.86 bits per heavy atom. The minimum Gasteiger partial charge on any atom is -0.462 e. The van der Waals surface area contributed by atoms with Crippen LogP contribution in [0.4, 0.5) is 0 Å². The van der Waals surface area contributed by atoms with Gasteiger partial charge >= 0.3 is 13.1 Å². The molecule has 2 fully saturated rings. The van der Waals surface area contributed by atoms with E-state index in [1.54, 1.807) is 0 Å². The van der Waals surface area contributed by atoms with Crippen LogP contribution in [-0.2, 0) is 18.8 Å². The molecule has 1 saturated carbocycles. The van der Waals surface area contributed by atoms with E-state index in [1.165, 1.54) is 12.8 Å². The lowest BCUT2D eigenvalue weighted by atomic mass is 9.78. The molecule has 1 aromatic carbocycles. The molecule has 0 amide bonds. The number of benzene rings is 1. The van der Waals surface area contributed by atoms with Gasteiger partial charge in [0.15, 0.2) is 0 Å². The lowest BCUT2D eigenvalue weighted by molar-refractivity contribution is -0.153. The molecule has 5 heteroatoms. The fourth-order valence-electron chi connectivity index (χ4n) is 3.58. The number of allylic oxidation sites excluding steroid dienone is 1. The van der Waals surface area contributed by atoms with Crippen LogP contribution in [0, 0.1) is 5.92 Å². The lowest BCUT2D eigenvalue weighted by Gasteiger charge is -2.32. The maximum atomic E-state index is 12.2. The van der Waals surface area contributed by atoms with E-state index in [0.717, 1.165) is 23.9 Å². The Bertz CT molecular complexity index is 703. The van der Waals surface area contributed by atoms with Crippen molar-refractivity contribution in [1.82, 2.24) is 0 Å². The highest BCUT2D eigenvalue weighted by Crippen LogP contribution is 2.36. The van der Waals surface area contributed by atoms with Crippen LogP contribution in [0.1, 0.15) is 72.3 Å². The molecule has 3 rings (SSSR count). The Morgan fingerprint density at radius 3 is 2.50 bits per heavy atom. The molecule has 1 heterocycles. The first-order valence-corrected chi connectivity index (χ1v) is 10.5. The highest BCUT2D eigenvalue weighted by Gasteiger charge is 2.51. The average molecular weight is 384 g/mol. The lowest BCUT2D eigenvalue weighted by Crippen LogP contribution is -2.41. The van der Waals surface area contributed by atoms with Crippen LogP contribution in [0.3, 0.4) is 0 Å². The van der Waals surface area contributed by atoms with Gasteiger partial charge in [0.25, 0.3) is 0 Å². The maximum absolute atomic E-state index is 12.2. The first-order valence-electron chi connectivity index (χ1n) is 10.5. The summed E-state index contributed by atoms with van der Waals surface area (Å²) in [5.41, 5.74) is 1.38. The molecular weight excluding hydrogens is 351 g/mol. The van der Waals surface area contributed by atoms with Crippen molar-refractivity contribution >= 4 is 24.6 Å². The molecule has 1 aromatic rings. The van der Waals surface area contributed by atoms with Gasteiger partial charge in [-0.25, -0.2) is 0 Å². The van der Waals surface area contributed by atoms with Gasteiger partial charge in [-0.1, -0.05) is 43.3 Å². The molecular formula is C23H33BO4. The normalized spacial score (nSPS) is 22.7. The van der Waals surface area contributed by atoms with Crippen molar-refractivity contribution in [2.45, 2.75) is 84.0 Å². The minimum atomic E-state index is -0.362. The standard InChI is InChI=1S/C23H33BO4/c1-17(21(25)26-20-14-6-7-15-20)10-8-11-18-12-9-13-19(16-18)24-27-22(2,3)23(4,5)28-24/h8-9,11-13,16-17,20H,6-7,10,14-15H2,1-5H3/b11-8+/t17-/m0/s1. The van der Waals surface area contributed by atoms with Gasteiger partial charge in [-0.05, 0) is 70.8 Å². The predicted octanol–water partition coefficient (Wildman–Crippen LogP) is 4.51. The molecule has 1 atom stereocenters.